The van der Waals surface area contributed by atoms with Crippen molar-refractivity contribution in [3.8, 4) is 0 Å². The highest BCUT2D eigenvalue weighted by atomic mass is 32.2. The number of nitrogens with one attached hydrogen (secondary N) is 1. The third-order valence-corrected chi connectivity index (χ3v) is 3.71. The lowest BCUT2D eigenvalue weighted by Gasteiger charge is -2.17. The number of hydrogen-bond donors (Lipinski definition) is 1. The van der Waals surface area contributed by atoms with E-state index in [4.69, 9.17) is 0 Å². The topological polar surface area (TPSA) is 12.0 Å². The summed E-state index contributed by atoms with van der Waals surface area (Å²) >= 11 is 1.62. The molecule has 0 aliphatic carbocycles. The zero-order chi connectivity index (χ0) is 12.9. The second kappa shape index (κ2) is 5.81. The van der Waals surface area contributed by atoms with Gasteiger partial charge in [0.25, 0.3) is 0 Å². The van der Waals surface area contributed by atoms with Crippen molar-refractivity contribution >= 4 is 17.6 Å². The van der Waals surface area contributed by atoms with Gasteiger partial charge in [0.05, 0.1) is 5.70 Å². The summed E-state index contributed by atoms with van der Waals surface area (Å²) in [5.74, 6) is 0. The van der Waals surface area contributed by atoms with E-state index in [1.54, 1.807) is 11.9 Å². The molecule has 1 heterocycles. The molecule has 0 bridgehead atoms. The van der Waals surface area contributed by atoms with Crippen LogP contribution in [0.4, 0.5) is 0 Å². The van der Waals surface area contributed by atoms with E-state index in [9.17, 15) is 0 Å². The molecule has 0 atom stereocenters. The zero-order valence-electron chi connectivity index (χ0n) is 10.5. The molecule has 2 heteroatoms. The highest BCUT2D eigenvalue weighted by Gasteiger charge is 2.10. The van der Waals surface area contributed by atoms with Crippen LogP contribution in [-0.2, 0) is 6.42 Å². The molecular weight excluding hydrogens is 250 g/mol. The van der Waals surface area contributed by atoms with E-state index < -0.39 is 0 Å². The molecule has 94 valence electrons. The van der Waals surface area contributed by atoms with Crippen LogP contribution in [0.3, 0.4) is 0 Å². The fraction of sp³-hybridized carbons (Fsp3) is 0.0588. The number of rotatable bonds is 3. The summed E-state index contributed by atoms with van der Waals surface area (Å²) in [5, 5.41) is 2.10. The summed E-state index contributed by atoms with van der Waals surface area (Å²) in [6.45, 7) is 0. The van der Waals surface area contributed by atoms with E-state index >= 15 is 0 Å². The summed E-state index contributed by atoms with van der Waals surface area (Å²) < 4.78 is 3.42. The Balaban J connectivity index is 1.96. The molecule has 0 aromatic heterocycles. The Kier molecular flexibility index (Phi) is 3.70. The van der Waals surface area contributed by atoms with Crippen LogP contribution in [0.5, 0.6) is 0 Å². The molecule has 1 aliphatic rings. The number of allylic oxidation sites excluding steroid dienone is 2. The normalized spacial score (nSPS) is 14.3. The van der Waals surface area contributed by atoms with Crippen LogP contribution < -0.4 is 4.72 Å². The Morgan fingerprint density at radius 3 is 2.26 bits per heavy atom. The second-order valence-corrected chi connectivity index (χ2v) is 5.16. The molecule has 0 saturated heterocycles. The van der Waals surface area contributed by atoms with Crippen LogP contribution in [0.25, 0.3) is 5.70 Å². The first-order valence-corrected chi connectivity index (χ1v) is 7.22. The van der Waals surface area contributed by atoms with Gasteiger partial charge in [0.2, 0.25) is 0 Å². The van der Waals surface area contributed by atoms with Gasteiger partial charge in [0.15, 0.2) is 0 Å². The predicted octanol–water partition coefficient (Wildman–Crippen LogP) is 4.41. The third kappa shape index (κ3) is 2.91. The molecule has 3 rings (SSSR count). The highest BCUT2D eigenvalue weighted by Crippen LogP contribution is 2.26. The maximum atomic E-state index is 3.42. The van der Waals surface area contributed by atoms with Gasteiger partial charge in [-0.25, -0.2) is 0 Å². The van der Waals surface area contributed by atoms with Crippen molar-refractivity contribution in [3.05, 3.63) is 88.8 Å². The molecule has 2 aromatic carbocycles. The van der Waals surface area contributed by atoms with Gasteiger partial charge in [-0.05, 0) is 46.6 Å². The lowest BCUT2D eigenvalue weighted by atomic mass is 10.00. The van der Waals surface area contributed by atoms with Crippen molar-refractivity contribution in [1.29, 1.82) is 0 Å². The van der Waals surface area contributed by atoms with Gasteiger partial charge in [0, 0.05) is 0 Å². The minimum atomic E-state index is 0.953. The van der Waals surface area contributed by atoms with E-state index in [0.29, 0.717) is 0 Å². The summed E-state index contributed by atoms with van der Waals surface area (Å²) in [7, 11) is 0. The smallest absolute Gasteiger partial charge is 0.0551 e. The second-order valence-electron chi connectivity index (χ2n) is 4.45. The quantitative estimate of drug-likeness (QED) is 0.825. The fourth-order valence-electron chi connectivity index (χ4n) is 2.17. The number of hydrogen-bond acceptors (Lipinski definition) is 2. The summed E-state index contributed by atoms with van der Waals surface area (Å²) in [6, 6.07) is 21.1. The maximum Gasteiger partial charge on any atom is 0.0551 e. The molecule has 0 saturated carbocycles. The summed E-state index contributed by atoms with van der Waals surface area (Å²) in [4.78, 5) is 0. The SMILES string of the molecule is C1=CC(Cc2ccccc2)=C(c2ccccc2)NS1. The molecule has 19 heavy (non-hydrogen) atoms. The average Bonchev–Trinajstić information content (AvgIpc) is 2.50. The minimum Gasteiger partial charge on any atom is -0.325 e. The summed E-state index contributed by atoms with van der Waals surface area (Å²) in [5.41, 5.74) is 5.13. The zero-order valence-corrected chi connectivity index (χ0v) is 11.4. The van der Waals surface area contributed by atoms with Gasteiger partial charge < -0.3 is 4.72 Å². The van der Waals surface area contributed by atoms with Gasteiger partial charge in [-0.2, -0.15) is 0 Å². The van der Waals surface area contributed by atoms with E-state index in [2.05, 4.69) is 70.8 Å². The van der Waals surface area contributed by atoms with Gasteiger partial charge in [0.1, 0.15) is 0 Å². The van der Waals surface area contributed by atoms with Crippen LogP contribution in [-0.4, -0.2) is 0 Å². The average molecular weight is 265 g/mol. The first-order chi connectivity index (χ1) is 9.43. The Morgan fingerprint density at radius 2 is 1.53 bits per heavy atom. The largest absolute Gasteiger partial charge is 0.325 e. The monoisotopic (exact) mass is 265 g/mol. The Bertz CT molecular complexity index is 600. The Morgan fingerprint density at radius 1 is 0.842 bits per heavy atom. The van der Waals surface area contributed by atoms with Gasteiger partial charge >= 0.3 is 0 Å². The molecule has 2 aromatic rings. The van der Waals surface area contributed by atoms with E-state index in [-0.39, 0.29) is 0 Å². The standard InChI is InChI=1S/C17H15NS/c1-3-7-14(8-4-1)13-16-11-12-19-18-17(16)15-9-5-2-6-10-15/h1-12,18H,13H2. The van der Waals surface area contributed by atoms with Crippen LogP contribution in [0.2, 0.25) is 0 Å². The van der Waals surface area contributed by atoms with Gasteiger partial charge in [-0.3, -0.25) is 0 Å². The maximum absolute atomic E-state index is 3.42. The molecule has 1 nitrogen and oxygen atoms in total. The van der Waals surface area contributed by atoms with Gasteiger partial charge in [-0.1, -0.05) is 60.7 Å². The molecule has 1 N–H and O–H groups in total. The van der Waals surface area contributed by atoms with E-state index in [1.807, 2.05) is 6.07 Å². The fourth-order valence-corrected chi connectivity index (χ4v) is 2.84. The molecule has 0 radical (unpaired) electrons. The Hall–Kier alpha value is -1.93. The lowest BCUT2D eigenvalue weighted by Crippen LogP contribution is -2.09. The van der Waals surface area contributed by atoms with Crippen LogP contribution in [0.15, 0.2) is 77.7 Å². The molecule has 0 unspecified atom stereocenters. The van der Waals surface area contributed by atoms with Crippen molar-refractivity contribution in [1.82, 2.24) is 4.72 Å². The summed E-state index contributed by atoms with van der Waals surface area (Å²) in [6.07, 6.45) is 3.16. The van der Waals surface area contributed by atoms with Crippen LogP contribution >= 0.6 is 11.9 Å². The van der Waals surface area contributed by atoms with Crippen LogP contribution in [0.1, 0.15) is 11.1 Å². The molecule has 0 spiro atoms. The van der Waals surface area contributed by atoms with Gasteiger partial charge in [-0.15, -0.1) is 0 Å². The Labute approximate surface area is 118 Å². The highest BCUT2D eigenvalue weighted by molar-refractivity contribution is 8.00. The lowest BCUT2D eigenvalue weighted by molar-refractivity contribution is 1.17. The molecule has 0 fully saturated rings. The molecule has 1 aliphatic heterocycles. The minimum absolute atomic E-state index is 0.953. The van der Waals surface area contributed by atoms with Crippen molar-refractivity contribution in [3.63, 3.8) is 0 Å². The van der Waals surface area contributed by atoms with Crippen molar-refractivity contribution < 1.29 is 0 Å². The van der Waals surface area contributed by atoms with E-state index in [0.717, 1.165) is 6.42 Å². The predicted molar refractivity (Wildman–Crippen MR) is 83.4 cm³/mol. The van der Waals surface area contributed by atoms with Crippen molar-refractivity contribution in [2.24, 2.45) is 0 Å². The van der Waals surface area contributed by atoms with Crippen molar-refractivity contribution in [2.45, 2.75) is 6.42 Å². The van der Waals surface area contributed by atoms with Crippen molar-refractivity contribution in [2.75, 3.05) is 0 Å². The molecular formula is C17H15NS. The van der Waals surface area contributed by atoms with Crippen LogP contribution in [0, 0.1) is 0 Å². The first-order valence-electron chi connectivity index (χ1n) is 6.34. The third-order valence-electron chi connectivity index (χ3n) is 3.12. The number of benzene rings is 2. The van der Waals surface area contributed by atoms with E-state index in [1.165, 1.54) is 22.4 Å². The molecule has 0 amide bonds. The first kappa shape index (κ1) is 12.1.